The number of hydrogen-bond acceptors (Lipinski definition) is 3. The largest absolute Gasteiger partial charge is 0.493 e. The summed E-state index contributed by atoms with van der Waals surface area (Å²) in [6.07, 6.45) is 0. The van der Waals surface area contributed by atoms with Gasteiger partial charge in [-0.3, -0.25) is 0 Å². The lowest BCUT2D eigenvalue weighted by molar-refractivity contribution is 0.354. The van der Waals surface area contributed by atoms with Gasteiger partial charge >= 0.3 is 0 Å². The Hall–Kier alpha value is -1.20. The molecule has 1 N–H and O–H groups in total. The molecule has 0 amide bonds. The summed E-state index contributed by atoms with van der Waals surface area (Å²) in [4.78, 5) is 0. The molecular weight excluding hydrogens is 386 g/mol. The SMILES string of the molecule is COc1ccc(CNc2ccc(Br)cc2Br)cc1OC. The van der Waals surface area contributed by atoms with Gasteiger partial charge in [-0.15, -0.1) is 0 Å². The fourth-order valence-electron chi connectivity index (χ4n) is 1.82. The summed E-state index contributed by atoms with van der Waals surface area (Å²) in [5.41, 5.74) is 2.17. The molecule has 2 aromatic carbocycles. The highest BCUT2D eigenvalue weighted by atomic mass is 79.9. The summed E-state index contributed by atoms with van der Waals surface area (Å²) >= 11 is 6.97. The third-order valence-electron chi connectivity index (χ3n) is 2.86. The van der Waals surface area contributed by atoms with Crippen molar-refractivity contribution in [3.63, 3.8) is 0 Å². The van der Waals surface area contributed by atoms with Crippen LogP contribution in [-0.2, 0) is 6.54 Å². The first-order valence-corrected chi connectivity index (χ1v) is 7.62. The van der Waals surface area contributed by atoms with Crippen molar-refractivity contribution in [2.75, 3.05) is 19.5 Å². The lowest BCUT2D eigenvalue weighted by Gasteiger charge is -2.12. The third kappa shape index (κ3) is 3.67. The molecular formula is C15H15Br2NO2. The molecule has 5 heteroatoms. The first kappa shape index (κ1) is 15.2. The summed E-state index contributed by atoms with van der Waals surface area (Å²) < 4.78 is 12.6. The van der Waals surface area contributed by atoms with Crippen molar-refractivity contribution in [2.45, 2.75) is 6.54 Å². The lowest BCUT2D eigenvalue weighted by atomic mass is 10.2. The topological polar surface area (TPSA) is 30.5 Å². The molecule has 0 aliphatic carbocycles. The van der Waals surface area contributed by atoms with Crippen LogP contribution in [0.5, 0.6) is 11.5 Å². The highest BCUT2D eigenvalue weighted by Crippen LogP contribution is 2.29. The molecule has 0 aliphatic heterocycles. The molecule has 0 heterocycles. The van der Waals surface area contributed by atoms with Crippen LogP contribution in [0, 0.1) is 0 Å². The molecule has 3 nitrogen and oxygen atoms in total. The fraction of sp³-hybridized carbons (Fsp3) is 0.200. The van der Waals surface area contributed by atoms with Crippen molar-refractivity contribution in [3.05, 3.63) is 50.9 Å². The maximum Gasteiger partial charge on any atom is 0.161 e. The molecule has 20 heavy (non-hydrogen) atoms. The zero-order chi connectivity index (χ0) is 14.5. The number of rotatable bonds is 5. The highest BCUT2D eigenvalue weighted by molar-refractivity contribution is 9.11. The highest BCUT2D eigenvalue weighted by Gasteiger charge is 2.05. The summed E-state index contributed by atoms with van der Waals surface area (Å²) in [5.74, 6) is 1.47. The minimum Gasteiger partial charge on any atom is -0.493 e. The number of halogens is 2. The molecule has 0 unspecified atom stereocenters. The Bertz CT molecular complexity index is 602. The van der Waals surface area contributed by atoms with E-state index in [1.807, 2.05) is 36.4 Å². The van der Waals surface area contributed by atoms with E-state index in [4.69, 9.17) is 9.47 Å². The number of methoxy groups -OCH3 is 2. The first-order valence-electron chi connectivity index (χ1n) is 6.04. The van der Waals surface area contributed by atoms with Crippen LogP contribution in [-0.4, -0.2) is 14.2 Å². The molecule has 0 aromatic heterocycles. The Balaban J connectivity index is 2.10. The summed E-state index contributed by atoms with van der Waals surface area (Å²) in [5, 5.41) is 3.38. The quantitative estimate of drug-likeness (QED) is 0.778. The number of benzene rings is 2. The van der Waals surface area contributed by atoms with Crippen LogP contribution in [0.1, 0.15) is 5.56 Å². The minimum absolute atomic E-state index is 0.709. The zero-order valence-corrected chi connectivity index (χ0v) is 14.4. The van der Waals surface area contributed by atoms with Crippen LogP contribution in [0.3, 0.4) is 0 Å². The Morgan fingerprint density at radius 3 is 2.35 bits per heavy atom. The van der Waals surface area contributed by atoms with Crippen LogP contribution in [0.2, 0.25) is 0 Å². The molecule has 0 saturated heterocycles. The van der Waals surface area contributed by atoms with Crippen molar-refractivity contribution < 1.29 is 9.47 Å². The average molecular weight is 401 g/mol. The lowest BCUT2D eigenvalue weighted by Crippen LogP contribution is -2.01. The van der Waals surface area contributed by atoms with Crippen molar-refractivity contribution in [1.82, 2.24) is 0 Å². The van der Waals surface area contributed by atoms with Gasteiger partial charge in [-0.2, -0.15) is 0 Å². The molecule has 2 aromatic rings. The van der Waals surface area contributed by atoms with Crippen molar-refractivity contribution in [2.24, 2.45) is 0 Å². The maximum absolute atomic E-state index is 5.30. The van der Waals surface area contributed by atoms with Gasteiger partial charge in [-0.1, -0.05) is 22.0 Å². The smallest absolute Gasteiger partial charge is 0.161 e. The van der Waals surface area contributed by atoms with Gasteiger partial charge in [0.2, 0.25) is 0 Å². The van der Waals surface area contributed by atoms with E-state index >= 15 is 0 Å². The van der Waals surface area contributed by atoms with E-state index < -0.39 is 0 Å². The monoisotopic (exact) mass is 399 g/mol. The van der Waals surface area contributed by atoms with E-state index in [9.17, 15) is 0 Å². The molecule has 0 atom stereocenters. The summed E-state index contributed by atoms with van der Waals surface area (Å²) in [7, 11) is 3.27. The molecule has 0 radical (unpaired) electrons. The van der Waals surface area contributed by atoms with Gasteiger partial charge in [0.1, 0.15) is 0 Å². The van der Waals surface area contributed by atoms with Crippen LogP contribution in [0.4, 0.5) is 5.69 Å². The summed E-state index contributed by atoms with van der Waals surface area (Å²) in [6, 6.07) is 11.9. The second-order valence-electron chi connectivity index (χ2n) is 4.17. The van der Waals surface area contributed by atoms with E-state index in [0.29, 0.717) is 6.54 Å². The average Bonchev–Trinajstić information content (AvgIpc) is 2.46. The van der Waals surface area contributed by atoms with Crippen molar-refractivity contribution in [1.29, 1.82) is 0 Å². The normalized spacial score (nSPS) is 10.2. The predicted octanol–water partition coefficient (Wildman–Crippen LogP) is 4.84. The fourth-order valence-corrected chi connectivity index (χ4v) is 3.01. The van der Waals surface area contributed by atoms with Gasteiger partial charge in [0.15, 0.2) is 11.5 Å². The molecule has 0 saturated carbocycles. The Morgan fingerprint density at radius 1 is 0.950 bits per heavy atom. The zero-order valence-electron chi connectivity index (χ0n) is 11.2. The molecule has 0 fully saturated rings. The predicted molar refractivity (Wildman–Crippen MR) is 88.7 cm³/mol. The van der Waals surface area contributed by atoms with Crippen LogP contribution in [0.15, 0.2) is 45.3 Å². The number of nitrogens with one attached hydrogen (secondary N) is 1. The second-order valence-corrected chi connectivity index (χ2v) is 5.94. The molecule has 2 rings (SSSR count). The van der Waals surface area contributed by atoms with E-state index in [2.05, 4.69) is 37.2 Å². The van der Waals surface area contributed by atoms with Gasteiger partial charge in [-0.05, 0) is 51.8 Å². The minimum atomic E-state index is 0.709. The second kappa shape index (κ2) is 6.99. The van der Waals surface area contributed by atoms with Gasteiger partial charge in [0.05, 0.1) is 14.2 Å². The Morgan fingerprint density at radius 2 is 1.70 bits per heavy atom. The van der Waals surface area contributed by atoms with Gasteiger partial charge in [-0.25, -0.2) is 0 Å². The van der Waals surface area contributed by atoms with Crippen molar-refractivity contribution >= 4 is 37.5 Å². The van der Waals surface area contributed by atoms with Crippen molar-refractivity contribution in [3.8, 4) is 11.5 Å². The Kier molecular flexibility index (Phi) is 5.31. The number of ether oxygens (including phenoxy) is 2. The van der Waals surface area contributed by atoms with E-state index in [1.165, 1.54) is 0 Å². The molecule has 0 bridgehead atoms. The van der Waals surface area contributed by atoms with E-state index in [0.717, 1.165) is 31.7 Å². The third-order valence-corrected chi connectivity index (χ3v) is 4.01. The standard InChI is InChI=1S/C15H15Br2NO2/c1-19-14-6-3-10(7-15(14)20-2)9-18-13-5-4-11(16)8-12(13)17/h3-8,18H,9H2,1-2H3. The van der Waals surface area contributed by atoms with Crippen LogP contribution < -0.4 is 14.8 Å². The van der Waals surface area contributed by atoms with Crippen LogP contribution in [0.25, 0.3) is 0 Å². The van der Waals surface area contributed by atoms with Gasteiger partial charge in [0.25, 0.3) is 0 Å². The van der Waals surface area contributed by atoms with E-state index in [1.54, 1.807) is 14.2 Å². The van der Waals surface area contributed by atoms with Gasteiger partial charge in [0, 0.05) is 21.2 Å². The number of hydrogen-bond donors (Lipinski definition) is 1. The maximum atomic E-state index is 5.30. The molecule has 0 spiro atoms. The van der Waals surface area contributed by atoms with E-state index in [-0.39, 0.29) is 0 Å². The Labute approximate surface area is 135 Å². The first-order chi connectivity index (χ1) is 9.63. The van der Waals surface area contributed by atoms with Crippen LogP contribution >= 0.6 is 31.9 Å². The summed E-state index contributed by atoms with van der Waals surface area (Å²) in [6.45, 7) is 0.709. The molecule has 0 aliphatic rings. The van der Waals surface area contributed by atoms with Gasteiger partial charge < -0.3 is 14.8 Å². The molecule has 106 valence electrons. The number of anilines is 1.